The van der Waals surface area contributed by atoms with E-state index < -0.39 is 66.2 Å². The minimum atomic E-state index is -1.44. The Hall–Kier alpha value is -3.96. The maximum atomic E-state index is 13.2. The third-order valence-corrected chi connectivity index (χ3v) is 8.51. The van der Waals surface area contributed by atoms with Gasteiger partial charge in [0.15, 0.2) is 0 Å². The summed E-state index contributed by atoms with van der Waals surface area (Å²) in [4.78, 5) is 76.3. The van der Waals surface area contributed by atoms with E-state index in [1.165, 1.54) is 56.8 Å². The molecule has 12 heteroatoms. The number of likely N-dealkylation sites (tertiary alicyclic amines) is 1. The molecule has 5 N–H and O–H groups in total. The van der Waals surface area contributed by atoms with E-state index in [9.17, 15) is 39.0 Å². The van der Waals surface area contributed by atoms with E-state index >= 15 is 0 Å². The van der Waals surface area contributed by atoms with Crippen molar-refractivity contribution < 1.29 is 39.0 Å². The molecule has 2 rings (SSSR count). The van der Waals surface area contributed by atoms with E-state index in [1.54, 1.807) is 30.3 Å². The van der Waals surface area contributed by atoms with Crippen molar-refractivity contribution in [3.05, 3.63) is 35.9 Å². The molecule has 0 saturated carbocycles. The Balaban J connectivity index is 1.77. The molecule has 1 aliphatic rings. The van der Waals surface area contributed by atoms with Crippen molar-refractivity contribution >= 4 is 35.6 Å². The van der Waals surface area contributed by atoms with Crippen LogP contribution in [0.2, 0.25) is 0 Å². The number of carbonyl (C=O) groups excluding carboxylic acids is 4. The van der Waals surface area contributed by atoms with Crippen LogP contribution in [0.4, 0.5) is 0 Å². The van der Waals surface area contributed by atoms with Gasteiger partial charge in [0.2, 0.25) is 23.6 Å². The zero-order valence-corrected chi connectivity index (χ0v) is 28.0. The van der Waals surface area contributed by atoms with E-state index in [0.717, 1.165) is 24.8 Å². The van der Waals surface area contributed by atoms with Gasteiger partial charge in [-0.05, 0) is 31.7 Å². The van der Waals surface area contributed by atoms with Crippen molar-refractivity contribution in [2.24, 2.45) is 0 Å². The van der Waals surface area contributed by atoms with Gasteiger partial charge in [0, 0.05) is 19.4 Å². The molecule has 4 atom stereocenters. The molecule has 47 heavy (non-hydrogen) atoms. The van der Waals surface area contributed by atoms with Gasteiger partial charge in [-0.2, -0.15) is 0 Å². The second-order valence-corrected chi connectivity index (χ2v) is 12.5. The van der Waals surface area contributed by atoms with E-state index in [2.05, 4.69) is 22.9 Å². The fourth-order valence-corrected chi connectivity index (χ4v) is 5.83. The standard InChI is InChI=1S/C35H54N4O8/c1-3-4-5-6-7-8-9-10-11-12-16-21-30(40)37-28(35(46)47)24-31(41)36-25(2)33(43)39-22-17-20-29(39)32(42)38-27(34(44)45)23-26-18-14-13-15-19-26/h13-15,18-19,25,27-29H,3-12,16-17,20-24H2,1-2H3,(H,36,41)(H,37,40)(H,38,42)(H,44,45)(H,46,47)/t25-,27-,28-,29-/m0/s1. The molecule has 1 saturated heterocycles. The van der Waals surface area contributed by atoms with E-state index in [4.69, 9.17) is 0 Å². The number of rotatable bonds is 23. The molecule has 0 unspecified atom stereocenters. The Morgan fingerprint density at radius 3 is 1.91 bits per heavy atom. The lowest BCUT2D eigenvalue weighted by atomic mass is 10.0. The summed E-state index contributed by atoms with van der Waals surface area (Å²) in [5, 5.41) is 26.7. The Morgan fingerprint density at radius 1 is 0.766 bits per heavy atom. The normalized spacial score (nSPS) is 16.1. The van der Waals surface area contributed by atoms with E-state index in [1.807, 2.05) is 0 Å². The van der Waals surface area contributed by atoms with Crippen LogP contribution in [0.5, 0.6) is 0 Å². The maximum Gasteiger partial charge on any atom is 0.326 e. The Bertz CT molecular complexity index is 1160. The monoisotopic (exact) mass is 658 g/mol. The number of hydrogen-bond acceptors (Lipinski definition) is 6. The van der Waals surface area contributed by atoms with Gasteiger partial charge in [-0.25, -0.2) is 9.59 Å². The summed E-state index contributed by atoms with van der Waals surface area (Å²) in [5.41, 5.74) is 0.737. The van der Waals surface area contributed by atoms with Crippen LogP contribution < -0.4 is 16.0 Å². The third-order valence-electron chi connectivity index (χ3n) is 8.51. The summed E-state index contributed by atoms with van der Waals surface area (Å²) in [6, 6.07) is 4.27. The number of carboxylic acid groups (broad SMARTS) is 2. The molecule has 0 aromatic heterocycles. The number of amides is 4. The molecule has 0 bridgehead atoms. The lowest BCUT2D eigenvalue weighted by Gasteiger charge is -2.28. The van der Waals surface area contributed by atoms with Gasteiger partial charge in [0.05, 0.1) is 6.42 Å². The Kier molecular flexibility index (Phi) is 18.2. The molecule has 1 heterocycles. The molecule has 1 fully saturated rings. The molecule has 0 spiro atoms. The highest BCUT2D eigenvalue weighted by Crippen LogP contribution is 2.19. The van der Waals surface area contributed by atoms with Crippen molar-refractivity contribution in [1.29, 1.82) is 0 Å². The van der Waals surface area contributed by atoms with Gasteiger partial charge in [-0.3, -0.25) is 19.2 Å². The maximum absolute atomic E-state index is 13.2. The van der Waals surface area contributed by atoms with Gasteiger partial charge in [-0.15, -0.1) is 0 Å². The van der Waals surface area contributed by atoms with Gasteiger partial charge in [0.25, 0.3) is 0 Å². The summed E-state index contributed by atoms with van der Waals surface area (Å²) in [7, 11) is 0. The van der Waals surface area contributed by atoms with Gasteiger partial charge < -0.3 is 31.1 Å². The number of carbonyl (C=O) groups is 6. The van der Waals surface area contributed by atoms with E-state index in [0.29, 0.717) is 19.3 Å². The van der Waals surface area contributed by atoms with Gasteiger partial charge in [0.1, 0.15) is 24.2 Å². The van der Waals surface area contributed by atoms with Crippen molar-refractivity contribution in [1.82, 2.24) is 20.9 Å². The second kappa shape index (κ2) is 21.8. The first kappa shape index (κ1) is 39.2. The van der Waals surface area contributed by atoms with Crippen LogP contribution in [-0.2, 0) is 35.2 Å². The third kappa shape index (κ3) is 15.0. The molecule has 1 aromatic rings. The minimum Gasteiger partial charge on any atom is -0.480 e. The highest BCUT2D eigenvalue weighted by molar-refractivity contribution is 5.94. The van der Waals surface area contributed by atoms with Crippen molar-refractivity contribution in [2.45, 2.75) is 141 Å². The molecule has 4 amide bonds. The fourth-order valence-electron chi connectivity index (χ4n) is 5.83. The summed E-state index contributed by atoms with van der Waals surface area (Å²) in [6.07, 6.45) is 13.0. The Labute approximate surface area is 278 Å². The quantitative estimate of drug-likeness (QED) is 0.110. The van der Waals surface area contributed by atoms with Crippen molar-refractivity contribution in [3.63, 3.8) is 0 Å². The zero-order valence-electron chi connectivity index (χ0n) is 28.0. The first-order chi connectivity index (χ1) is 22.5. The second-order valence-electron chi connectivity index (χ2n) is 12.5. The first-order valence-electron chi connectivity index (χ1n) is 17.2. The first-order valence-corrected chi connectivity index (χ1v) is 17.2. The molecular weight excluding hydrogens is 604 g/mol. The number of carboxylic acids is 2. The average molecular weight is 659 g/mol. The highest BCUT2D eigenvalue weighted by Gasteiger charge is 2.38. The predicted octanol–water partition coefficient (Wildman–Crippen LogP) is 3.95. The predicted molar refractivity (Wildman–Crippen MR) is 177 cm³/mol. The molecule has 262 valence electrons. The van der Waals surface area contributed by atoms with Crippen LogP contribution in [0, 0.1) is 0 Å². The highest BCUT2D eigenvalue weighted by atomic mass is 16.4. The molecule has 12 nitrogen and oxygen atoms in total. The van der Waals surface area contributed by atoms with Crippen LogP contribution >= 0.6 is 0 Å². The molecular formula is C35H54N4O8. The minimum absolute atomic E-state index is 0.0790. The van der Waals surface area contributed by atoms with Gasteiger partial charge >= 0.3 is 11.9 Å². The number of benzene rings is 1. The number of nitrogens with zero attached hydrogens (tertiary/aromatic N) is 1. The summed E-state index contributed by atoms with van der Waals surface area (Å²) >= 11 is 0. The van der Waals surface area contributed by atoms with Crippen LogP contribution in [0.1, 0.15) is 116 Å². The van der Waals surface area contributed by atoms with Crippen molar-refractivity contribution in [2.75, 3.05) is 6.54 Å². The van der Waals surface area contributed by atoms with Crippen LogP contribution in [0.25, 0.3) is 0 Å². The Morgan fingerprint density at radius 2 is 1.34 bits per heavy atom. The smallest absolute Gasteiger partial charge is 0.326 e. The summed E-state index contributed by atoms with van der Waals surface area (Å²) in [6.45, 7) is 3.89. The lowest BCUT2D eigenvalue weighted by Crippen LogP contribution is -2.55. The summed E-state index contributed by atoms with van der Waals surface area (Å²) < 4.78 is 0. The number of unbranched alkanes of at least 4 members (excludes halogenated alkanes) is 10. The lowest BCUT2D eigenvalue weighted by molar-refractivity contribution is -0.145. The molecule has 0 radical (unpaired) electrons. The number of hydrogen-bond donors (Lipinski definition) is 5. The SMILES string of the molecule is CCCCCCCCCCCCCC(=O)N[C@@H](CC(=O)N[C@@H](C)C(=O)N1CCC[C@H]1C(=O)N[C@@H](Cc1ccccc1)C(=O)O)C(=O)O. The summed E-state index contributed by atoms with van der Waals surface area (Å²) in [5.74, 6) is -4.86. The van der Waals surface area contributed by atoms with E-state index in [-0.39, 0.29) is 19.4 Å². The van der Waals surface area contributed by atoms with Gasteiger partial charge in [-0.1, -0.05) is 101 Å². The van der Waals surface area contributed by atoms with Crippen LogP contribution in [0.3, 0.4) is 0 Å². The number of aliphatic carboxylic acids is 2. The molecule has 1 aromatic carbocycles. The van der Waals surface area contributed by atoms with Crippen molar-refractivity contribution in [3.8, 4) is 0 Å². The molecule has 0 aliphatic carbocycles. The largest absolute Gasteiger partial charge is 0.480 e. The average Bonchev–Trinajstić information content (AvgIpc) is 3.53. The zero-order chi connectivity index (χ0) is 34.6. The molecule has 1 aliphatic heterocycles. The topological polar surface area (TPSA) is 182 Å². The fraction of sp³-hybridized carbons (Fsp3) is 0.657. The van der Waals surface area contributed by atoms with Crippen LogP contribution in [0.15, 0.2) is 30.3 Å². The van der Waals surface area contributed by atoms with Crippen LogP contribution in [-0.4, -0.2) is 81.4 Å². The number of nitrogens with one attached hydrogen (secondary N) is 3.